The first-order chi connectivity index (χ1) is 9.59. The molecule has 2 rings (SSSR count). The summed E-state index contributed by atoms with van der Waals surface area (Å²) in [5.74, 6) is 0. The molecule has 2 nitrogen and oxygen atoms in total. The van der Waals surface area contributed by atoms with E-state index >= 15 is 0 Å². The molecule has 0 unspecified atom stereocenters. The molecule has 0 saturated heterocycles. The summed E-state index contributed by atoms with van der Waals surface area (Å²) >= 11 is 2.04. The van der Waals surface area contributed by atoms with E-state index in [-0.39, 0.29) is 5.60 Å². The summed E-state index contributed by atoms with van der Waals surface area (Å²) in [7, 11) is 1.77. The Hall–Kier alpha value is -0.670. The van der Waals surface area contributed by atoms with Gasteiger partial charge in [-0.3, -0.25) is 0 Å². The van der Waals surface area contributed by atoms with Gasteiger partial charge in [0.2, 0.25) is 0 Å². The topological polar surface area (TPSA) is 21.3 Å². The highest BCUT2D eigenvalue weighted by Crippen LogP contribution is 2.34. The smallest absolute Gasteiger partial charge is 0.0639 e. The van der Waals surface area contributed by atoms with Gasteiger partial charge in [-0.2, -0.15) is 0 Å². The summed E-state index contributed by atoms with van der Waals surface area (Å²) in [6.07, 6.45) is 6.59. The highest BCUT2D eigenvalue weighted by Gasteiger charge is 2.16. The molecule has 20 heavy (non-hydrogen) atoms. The molecule has 0 radical (unpaired) electrons. The Labute approximate surface area is 127 Å². The summed E-state index contributed by atoms with van der Waals surface area (Å²) in [5, 5.41) is 4.31. The lowest BCUT2D eigenvalue weighted by atomic mass is 10.1. The van der Waals surface area contributed by atoms with Crippen molar-refractivity contribution in [3.05, 3.63) is 24.3 Å². The third-order valence-electron chi connectivity index (χ3n) is 4.07. The number of benzene rings is 1. The molecule has 1 N–H and O–H groups in total. The van der Waals surface area contributed by atoms with Crippen molar-refractivity contribution in [2.45, 2.75) is 61.7 Å². The quantitative estimate of drug-likeness (QED) is 0.768. The maximum Gasteiger partial charge on any atom is 0.0639 e. The van der Waals surface area contributed by atoms with E-state index in [1.54, 1.807) is 7.11 Å². The van der Waals surface area contributed by atoms with Gasteiger partial charge >= 0.3 is 0 Å². The van der Waals surface area contributed by atoms with Gasteiger partial charge in [0.1, 0.15) is 0 Å². The van der Waals surface area contributed by atoms with Crippen LogP contribution in [0.2, 0.25) is 0 Å². The lowest BCUT2D eigenvalue weighted by Gasteiger charge is -2.23. The number of hydrogen-bond donors (Lipinski definition) is 1. The van der Waals surface area contributed by atoms with Gasteiger partial charge in [-0.1, -0.05) is 12.8 Å². The van der Waals surface area contributed by atoms with Gasteiger partial charge in [0.25, 0.3) is 0 Å². The first-order valence-corrected chi connectivity index (χ1v) is 8.53. The molecule has 0 aromatic heterocycles. The van der Waals surface area contributed by atoms with Crippen LogP contribution in [0, 0.1) is 0 Å². The maximum atomic E-state index is 5.43. The van der Waals surface area contributed by atoms with Crippen molar-refractivity contribution in [2.24, 2.45) is 0 Å². The lowest BCUT2D eigenvalue weighted by Crippen LogP contribution is -2.25. The number of rotatable bonds is 7. The molecule has 1 aromatic rings. The minimum atomic E-state index is -0.0503. The Morgan fingerprint density at radius 3 is 2.45 bits per heavy atom. The number of nitrogens with one attached hydrogen (secondary N) is 1. The van der Waals surface area contributed by atoms with Crippen LogP contribution >= 0.6 is 11.8 Å². The van der Waals surface area contributed by atoms with Crippen LogP contribution in [-0.2, 0) is 4.74 Å². The monoisotopic (exact) mass is 293 g/mol. The van der Waals surface area contributed by atoms with Gasteiger partial charge in [-0.05, 0) is 57.4 Å². The second-order valence-corrected chi connectivity index (χ2v) is 7.56. The van der Waals surface area contributed by atoms with Crippen LogP contribution in [0.15, 0.2) is 29.2 Å². The second kappa shape index (κ2) is 7.37. The standard InChI is InChI=1S/C17H27NOS/c1-17(2,19-3)12-13-18-14-8-10-16(11-9-14)20-15-6-4-5-7-15/h8-11,15,18H,4-7,12-13H2,1-3H3. The summed E-state index contributed by atoms with van der Waals surface area (Å²) < 4.78 is 5.43. The Balaban J connectivity index is 1.76. The Bertz CT molecular complexity index is 396. The lowest BCUT2D eigenvalue weighted by molar-refractivity contribution is 0.0185. The molecule has 1 aliphatic carbocycles. The third kappa shape index (κ3) is 5.02. The van der Waals surface area contributed by atoms with Crippen LogP contribution in [0.1, 0.15) is 46.0 Å². The Kier molecular flexibility index (Phi) is 5.79. The fourth-order valence-corrected chi connectivity index (χ4v) is 3.71. The first kappa shape index (κ1) is 15.7. The molecular weight excluding hydrogens is 266 g/mol. The molecule has 0 spiro atoms. The number of anilines is 1. The molecule has 3 heteroatoms. The molecule has 1 aromatic carbocycles. The van der Waals surface area contributed by atoms with Crippen molar-refractivity contribution in [3.63, 3.8) is 0 Å². The van der Waals surface area contributed by atoms with E-state index in [4.69, 9.17) is 4.74 Å². The molecule has 0 heterocycles. The molecule has 1 aliphatic rings. The SMILES string of the molecule is COC(C)(C)CCNc1ccc(SC2CCCC2)cc1. The molecule has 112 valence electrons. The highest BCUT2D eigenvalue weighted by atomic mass is 32.2. The number of methoxy groups -OCH3 is 1. The molecule has 1 saturated carbocycles. The number of hydrogen-bond acceptors (Lipinski definition) is 3. The normalized spacial score (nSPS) is 16.6. The number of thioether (sulfide) groups is 1. The van der Waals surface area contributed by atoms with Gasteiger partial charge in [-0.15, -0.1) is 11.8 Å². The van der Waals surface area contributed by atoms with E-state index in [0.717, 1.165) is 18.2 Å². The van der Waals surface area contributed by atoms with Crippen molar-refractivity contribution >= 4 is 17.4 Å². The van der Waals surface area contributed by atoms with Crippen molar-refractivity contribution in [1.29, 1.82) is 0 Å². The maximum absolute atomic E-state index is 5.43. The largest absolute Gasteiger partial charge is 0.385 e. The third-order valence-corrected chi connectivity index (χ3v) is 5.42. The molecule has 0 aliphatic heterocycles. The van der Waals surface area contributed by atoms with Crippen LogP contribution < -0.4 is 5.32 Å². The summed E-state index contributed by atoms with van der Waals surface area (Å²) in [5.41, 5.74) is 1.15. The van der Waals surface area contributed by atoms with Crippen LogP contribution in [0.4, 0.5) is 5.69 Å². The molecule has 0 atom stereocenters. The van der Waals surface area contributed by atoms with Gasteiger partial charge < -0.3 is 10.1 Å². The molecule has 1 fully saturated rings. The zero-order chi connectivity index (χ0) is 14.4. The fourth-order valence-electron chi connectivity index (χ4n) is 2.46. The zero-order valence-corrected chi connectivity index (χ0v) is 13.8. The zero-order valence-electron chi connectivity index (χ0n) is 12.9. The van der Waals surface area contributed by atoms with Gasteiger partial charge in [0.15, 0.2) is 0 Å². The second-order valence-electron chi connectivity index (χ2n) is 6.19. The summed E-state index contributed by atoms with van der Waals surface area (Å²) in [6.45, 7) is 5.18. The minimum Gasteiger partial charge on any atom is -0.385 e. The van der Waals surface area contributed by atoms with Crippen LogP contribution in [0.25, 0.3) is 0 Å². The van der Waals surface area contributed by atoms with Crippen LogP contribution in [0.3, 0.4) is 0 Å². The van der Waals surface area contributed by atoms with Gasteiger partial charge in [-0.25, -0.2) is 0 Å². The molecule has 0 bridgehead atoms. The van der Waals surface area contributed by atoms with E-state index < -0.39 is 0 Å². The fraction of sp³-hybridized carbons (Fsp3) is 0.647. The van der Waals surface area contributed by atoms with E-state index in [0.29, 0.717) is 0 Å². The van der Waals surface area contributed by atoms with E-state index in [1.807, 2.05) is 11.8 Å². The summed E-state index contributed by atoms with van der Waals surface area (Å²) in [4.78, 5) is 1.40. The summed E-state index contributed by atoms with van der Waals surface area (Å²) in [6, 6.07) is 8.87. The molecule has 0 amide bonds. The highest BCUT2D eigenvalue weighted by molar-refractivity contribution is 8.00. The predicted octanol–water partition coefficient (Wildman–Crippen LogP) is 4.95. The van der Waals surface area contributed by atoms with Crippen molar-refractivity contribution in [3.8, 4) is 0 Å². The van der Waals surface area contributed by atoms with Crippen molar-refractivity contribution < 1.29 is 4.74 Å². The van der Waals surface area contributed by atoms with Gasteiger partial charge in [0.05, 0.1) is 5.60 Å². The van der Waals surface area contributed by atoms with Crippen LogP contribution in [0.5, 0.6) is 0 Å². The van der Waals surface area contributed by atoms with E-state index in [1.165, 1.54) is 36.3 Å². The Morgan fingerprint density at radius 1 is 1.20 bits per heavy atom. The molecular formula is C17H27NOS. The minimum absolute atomic E-state index is 0.0503. The van der Waals surface area contributed by atoms with E-state index in [2.05, 4.69) is 43.4 Å². The van der Waals surface area contributed by atoms with Gasteiger partial charge in [0, 0.05) is 29.5 Å². The average Bonchev–Trinajstić information content (AvgIpc) is 2.94. The predicted molar refractivity (Wildman–Crippen MR) is 88.7 cm³/mol. The Morgan fingerprint density at radius 2 is 1.85 bits per heavy atom. The first-order valence-electron chi connectivity index (χ1n) is 7.65. The number of ether oxygens (including phenoxy) is 1. The van der Waals surface area contributed by atoms with Crippen molar-refractivity contribution in [1.82, 2.24) is 0 Å². The van der Waals surface area contributed by atoms with Crippen molar-refractivity contribution in [2.75, 3.05) is 19.0 Å². The van der Waals surface area contributed by atoms with E-state index in [9.17, 15) is 0 Å². The average molecular weight is 293 g/mol. The van der Waals surface area contributed by atoms with Crippen LogP contribution in [-0.4, -0.2) is 24.5 Å².